The van der Waals surface area contributed by atoms with E-state index in [9.17, 15) is 4.79 Å². The minimum atomic E-state index is -0.942. The van der Waals surface area contributed by atoms with Crippen LogP contribution < -0.4 is 10.1 Å². The third-order valence-electron chi connectivity index (χ3n) is 2.72. The number of aromatic carboxylic acids is 1. The van der Waals surface area contributed by atoms with Crippen molar-refractivity contribution in [3.05, 3.63) is 57.0 Å². The van der Waals surface area contributed by atoms with Crippen LogP contribution in [-0.4, -0.2) is 24.2 Å². The van der Waals surface area contributed by atoms with Crippen LogP contribution in [0.4, 0.5) is 5.69 Å². The molecular weight excluding hydrogens is 402 g/mol. The highest BCUT2D eigenvalue weighted by molar-refractivity contribution is 9.11. The van der Waals surface area contributed by atoms with Gasteiger partial charge in [0, 0.05) is 21.2 Å². The maximum Gasteiger partial charge on any atom is 0.335 e. The SMILES string of the molecule is O=C(O)c1ccc(OCCNc2cc(Br)ccc2Br)cc1. The number of ether oxygens (including phenoxy) is 1. The van der Waals surface area contributed by atoms with E-state index in [1.807, 2.05) is 18.2 Å². The summed E-state index contributed by atoms with van der Waals surface area (Å²) in [6.07, 6.45) is 0. The number of nitrogens with one attached hydrogen (secondary N) is 1. The summed E-state index contributed by atoms with van der Waals surface area (Å²) in [4.78, 5) is 10.7. The third kappa shape index (κ3) is 4.75. The molecule has 0 radical (unpaired) electrons. The zero-order valence-corrected chi connectivity index (χ0v) is 14.1. The van der Waals surface area contributed by atoms with Crippen LogP contribution in [0.5, 0.6) is 5.75 Å². The number of hydrogen-bond acceptors (Lipinski definition) is 3. The van der Waals surface area contributed by atoms with Gasteiger partial charge < -0.3 is 15.2 Å². The number of rotatable bonds is 6. The minimum absolute atomic E-state index is 0.249. The van der Waals surface area contributed by atoms with Gasteiger partial charge in [0.25, 0.3) is 0 Å². The van der Waals surface area contributed by atoms with Crippen LogP contribution in [0.3, 0.4) is 0 Å². The summed E-state index contributed by atoms with van der Waals surface area (Å²) in [6.45, 7) is 1.11. The van der Waals surface area contributed by atoms with E-state index in [4.69, 9.17) is 9.84 Å². The number of carboxylic acids is 1. The first-order valence-electron chi connectivity index (χ1n) is 6.21. The highest BCUT2D eigenvalue weighted by atomic mass is 79.9. The van der Waals surface area contributed by atoms with Crippen molar-refractivity contribution >= 4 is 43.5 Å². The quantitative estimate of drug-likeness (QED) is 0.687. The number of anilines is 1. The molecule has 0 saturated carbocycles. The summed E-state index contributed by atoms with van der Waals surface area (Å²) >= 11 is 6.89. The zero-order chi connectivity index (χ0) is 15.2. The Kier molecular flexibility index (Phi) is 5.64. The molecule has 4 nitrogen and oxygen atoms in total. The molecule has 0 unspecified atom stereocenters. The van der Waals surface area contributed by atoms with Crippen molar-refractivity contribution < 1.29 is 14.6 Å². The Hall–Kier alpha value is -1.53. The van der Waals surface area contributed by atoms with Crippen LogP contribution in [0.1, 0.15) is 10.4 Å². The maximum atomic E-state index is 10.7. The average Bonchev–Trinajstić information content (AvgIpc) is 2.47. The Morgan fingerprint density at radius 1 is 1.14 bits per heavy atom. The minimum Gasteiger partial charge on any atom is -0.492 e. The normalized spacial score (nSPS) is 10.2. The second-order valence-electron chi connectivity index (χ2n) is 4.23. The van der Waals surface area contributed by atoms with Crippen molar-refractivity contribution in [3.63, 3.8) is 0 Å². The summed E-state index contributed by atoms with van der Waals surface area (Å²) < 4.78 is 7.53. The lowest BCUT2D eigenvalue weighted by Gasteiger charge is -2.10. The Morgan fingerprint density at radius 3 is 2.52 bits per heavy atom. The van der Waals surface area contributed by atoms with Gasteiger partial charge in [0.15, 0.2) is 0 Å². The largest absolute Gasteiger partial charge is 0.492 e. The molecule has 0 amide bonds. The summed E-state index contributed by atoms with van der Waals surface area (Å²) in [5.74, 6) is -0.294. The zero-order valence-electron chi connectivity index (χ0n) is 11.0. The molecule has 110 valence electrons. The number of halogens is 2. The van der Waals surface area contributed by atoms with Crippen LogP contribution >= 0.6 is 31.9 Å². The molecule has 2 aromatic carbocycles. The molecule has 2 rings (SSSR count). The van der Waals surface area contributed by atoms with Crippen LogP contribution in [0.25, 0.3) is 0 Å². The van der Waals surface area contributed by atoms with Crippen molar-refractivity contribution in [2.75, 3.05) is 18.5 Å². The van der Waals surface area contributed by atoms with Gasteiger partial charge in [-0.05, 0) is 58.4 Å². The number of carboxylic acid groups (broad SMARTS) is 1. The molecule has 0 heterocycles. The second-order valence-corrected chi connectivity index (χ2v) is 6.00. The Labute approximate surface area is 139 Å². The predicted octanol–water partition coefficient (Wildman–Crippen LogP) is 4.40. The molecular formula is C15H13Br2NO3. The van der Waals surface area contributed by atoms with Gasteiger partial charge in [0.05, 0.1) is 5.56 Å². The lowest BCUT2D eigenvalue weighted by Crippen LogP contribution is -2.11. The molecule has 0 aliphatic heterocycles. The average molecular weight is 415 g/mol. The molecule has 0 atom stereocenters. The molecule has 0 saturated heterocycles. The topological polar surface area (TPSA) is 58.6 Å². The van der Waals surface area contributed by atoms with E-state index in [2.05, 4.69) is 37.2 Å². The van der Waals surface area contributed by atoms with Gasteiger partial charge >= 0.3 is 5.97 Å². The van der Waals surface area contributed by atoms with Gasteiger partial charge in [-0.1, -0.05) is 15.9 Å². The second kappa shape index (κ2) is 7.47. The standard InChI is InChI=1S/C15H13Br2NO3/c16-11-3-6-13(17)14(9-11)18-7-8-21-12-4-1-10(2-5-12)15(19)20/h1-6,9,18H,7-8H2,(H,19,20). The van der Waals surface area contributed by atoms with Crippen LogP contribution in [0.2, 0.25) is 0 Å². The molecule has 0 aromatic heterocycles. The number of benzene rings is 2. The van der Waals surface area contributed by atoms with Crippen molar-refractivity contribution in [3.8, 4) is 5.75 Å². The molecule has 21 heavy (non-hydrogen) atoms. The molecule has 2 N–H and O–H groups in total. The molecule has 0 aliphatic rings. The first kappa shape index (κ1) is 15.9. The lowest BCUT2D eigenvalue weighted by atomic mass is 10.2. The van der Waals surface area contributed by atoms with Crippen molar-refractivity contribution in [1.29, 1.82) is 0 Å². The molecule has 0 aliphatic carbocycles. The fourth-order valence-corrected chi connectivity index (χ4v) is 2.43. The van der Waals surface area contributed by atoms with E-state index in [1.54, 1.807) is 12.1 Å². The summed E-state index contributed by atoms with van der Waals surface area (Å²) in [5, 5.41) is 12.1. The third-order valence-corrected chi connectivity index (χ3v) is 3.90. The van der Waals surface area contributed by atoms with Gasteiger partial charge in [-0.25, -0.2) is 4.79 Å². The van der Waals surface area contributed by atoms with Crippen molar-refractivity contribution in [2.45, 2.75) is 0 Å². The predicted molar refractivity (Wildman–Crippen MR) is 89.2 cm³/mol. The van der Waals surface area contributed by atoms with E-state index >= 15 is 0 Å². The van der Waals surface area contributed by atoms with E-state index in [1.165, 1.54) is 12.1 Å². The van der Waals surface area contributed by atoms with E-state index in [0.29, 0.717) is 18.9 Å². The molecule has 0 bridgehead atoms. The highest BCUT2D eigenvalue weighted by Crippen LogP contribution is 2.25. The van der Waals surface area contributed by atoms with Gasteiger partial charge in [-0.2, -0.15) is 0 Å². The molecule has 0 spiro atoms. The first-order valence-corrected chi connectivity index (χ1v) is 7.80. The van der Waals surface area contributed by atoms with Crippen LogP contribution in [0, 0.1) is 0 Å². The highest BCUT2D eigenvalue weighted by Gasteiger charge is 2.03. The Morgan fingerprint density at radius 2 is 1.86 bits per heavy atom. The smallest absolute Gasteiger partial charge is 0.335 e. The van der Waals surface area contributed by atoms with E-state index < -0.39 is 5.97 Å². The fraction of sp³-hybridized carbons (Fsp3) is 0.133. The van der Waals surface area contributed by atoms with Crippen LogP contribution in [0.15, 0.2) is 51.4 Å². The first-order chi connectivity index (χ1) is 10.1. The Balaban J connectivity index is 1.81. The summed E-state index contributed by atoms with van der Waals surface area (Å²) in [7, 11) is 0. The molecule has 0 fully saturated rings. The van der Waals surface area contributed by atoms with Crippen molar-refractivity contribution in [2.24, 2.45) is 0 Å². The van der Waals surface area contributed by atoms with Gasteiger partial charge in [-0.3, -0.25) is 0 Å². The van der Waals surface area contributed by atoms with Gasteiger partial charge in [0.2, 0.25) is 0 Å². The summed E-state index contributed by atoms with van der Waals surface area (Å²) in [6, 6.07) is 12.2. The van der Waals surface area contributed by atoms with Crippen LogP contribution in [-0.2, 0) is 0 Å². The fourth-order valence-electron chi connectivity index (χ4n) is 1.68. The van der Waals surface area contributed by atoms with Gasteiger partial charge in [0.1, 0.15) is 12.4 Å². The lowest BCUT2D eigenvalue weighted by molar-refractivity contribution is 0.0697. The van der Waals surface area contributed by atoms with E-state index in [-0.39, 0.29) is 5.56 Å². The number of carbonyl (C=O) groups is 1. The molecule has 6 heteroatoms. The Bertz CT molecular complexity index is 629. The van der Waals surface area contributed by atoms with Crippen molar-refractivity contribution in [1.82, 2.24) is 0 Å². The molecule has 2 aromatic rings. The maximum absolute atomic E-state index is 10.7. The number of hydrogen-bond donors (Lipinski definition) is 2. The van der Waals surface area contributed by atoms with E-state index in [0.717, 1.165) is 14.6 Å². The van der Waals surface area contributed by atoms with Gasteiger partial charge in [-0.15, -0.1) is 0 Å². The summed E-state index contributed by atoms with van der Waals surface area (Å²) in [5.41, 5.74) is 1.23. The monoisotopic (exact) mass is 413 g/mol.